The third-order valence-corrected chi connectivity index (χ3v) is 7.41. The largest absolute Gasteiger partial charge is 0.340 e. The molecule has 1 aromatic rings. The van der Waals surface area contributed by atoms with Crippen molar-refractivity contribution in [1.82, 2.24) is 14.5 Å². The highest BCUT2D eigenvalue weighted by atomic mass is 32.2. The molecule has 0 aromatic heterocycles. The Morgan fingerprint density at radius 2 is 1.68 bits per heavy atom. The van der Waals surface area contributed by atoms with Gasteiger partial charge in [-0.3, -0.25) is 4.79 Å². The van der Waals surface area contributed by atoms with Crippen LogP contribution in [-0.2, 0) is 14.8 Å². The van der Waals surface area contributed by atoms with E-state index < -0.39 is 10.0 Å². The summed E-state index contributed by atoms with van der Waals surface area (Å²) >= 11 is 0. The second-order valence-corrected chi connectivity index (χ2v) is 10.1. The normalized spacial score (nSPS) is 15.5. The van der Waals surface area contributed by atoms with Crippen LogP contribution in [0.15, 0.2) is 17.0 Å². The Morgan fingerprint density at radius 3 is 2.21 bits per heavy atom. The summed E-state index contributed by atoms with van der Waals surface area (Å²) in [6, 6.07) is 3.82. The molecule has 1 aliphatic rings. The molecule has 0 spiro atoms. The van der Waals surface area contributed by atoms with Gasteiger partial charge >= 0.3 is 0 Å². The van der Waals surface area contributed by atoms with Gasteiger partial charge in [-0.2, -0.15) is 4.31 Å². The van der Waals surface area contributed by atoms with Crippen LogP contribution in [0.3, 0.4) is 0 Å². The van der Waals surface area contributed by atoms with Crippen molar-refractivity contribution in [1.29, 1.82) is 0 Å². The average molecular weight is 410 g/mol. The molecule has 0 bridgehead atoms. The molecule has 1 aliphatic heterocycles. The highest BCUT2D eigenvalue weighted by Gasteiger charge is 2.29. The number of piperazine rings is 1. The average Bonchev–Trinajstić information content (AvgIpc) is 2.60. The van der Waals surface area contributed by atoms with Gasteiger partial charge in [-0.1, -0.05) is 31.5 Å². The minimum atomic E-state index is -3.65. The Morgan fingerprint density at radius 1 is 1.11 bits per heavy atom. The van der Waals surface area contributed by atoms with E-state index in [9.17, 15) is 13.2 Å². The number of nitrogens with one attached hydrogen (secondary N) is 1. The van der Waals surface area contributed by atoms with E-state index in [0.29, 0.717) is 30.4 Å². The number of amides is 1. The second-order valence-electron chi connectivity index (χ2n) is 8.20. The van der Waals surface area contributed by atoms with Gasteiger partial charge in [0.25, 0.3) is 0 Å². The van der Waals surface area contributed by atoms with E-state index in [0.717, 1.165) is 36.2 Å². The molecule has 1 fully saturated rings. The molecular weight excluding hydrogens is 374 g/mol. The van der Waals surface area contributed by atoms with Gasteiger partial charge in [0.05, 0.1) is 4.90 Å². The fraction of sp³-hybridized carbons (Fsp3) is 0.667. The molecule has 158 valence electrons. The molecule has 0 saturated carbocycles. The first kappa shape index (κ1) is 22.8. The summed E-state index contributed by atoms with van der Waals surface area (Å²) in [5.41, 5.74) is 2.58. The predicted molar refractivity (Wildman–Crippen MR) is 113 cm³/mol. The minimum absolute atomic E-state index is 0.0311. The number of aryl methyl sites for hydroxylation is 3. The smallest absolute Gasteiger partial charge is 0.243 e. The van der Waals surface area contributed by atoms with E-state index in [-0.39, 0.29) is 18.9 Å². The summed E-state index contributed by atoms with van der Waals surface area (Å²) in [5.74, 6) is 0.422. The summed E-state index contributed by atoms with van der Waals surface area (Å²) in [4.78, 5) is 14.8. The standard InChI is InChI=1S/C21H35N3O3S/c1-16(2)6-10-24(11-7-20(25)23-12-8-22-9-13-23)28(26,27)21-18(4)14-17(3)15-19(21)5/h14-16,22H,6-13H2,1-5H3. The molecule has 1 N–H and O–H groups in total. The lowest BCUT2D eigenvalue weighted by atomic mass is 10.1. The second kappa shape index (κ2) is 9.85. The van der Waals surface area contributed by atoms with E-state index in [1.807, 2.05) is 37.8 Å². The molecule has 6 nitrogen and oxygen atoms in total. The van der Waals surface area contributed by atoms with E-state index >= 15 is 0 Å². The van der Waals surface area contributed by atoms with Crippen molar-refractivity contribution in [3.05, 3.63) is 28.8 Å². The van der Waals surface area contributed by atoms with Gasteiger partial charge in [-0.25, -0.2) is 8.42 Å². The van der Waals surface area contributed by atoms with Crippen LogP contribution in [0.25, 0.3) is 0 Å². The Balaban J connectivity index is 2.22. The third kappa shape index (κ3) is 5.78. The molecule has 0 aliphatic carbocycles. The highest BCUT2D eigenvalue weighted by molar-refractivity contribution is 7.89. The number of benzene rings is 1. The van der Waals surface area contributed by atoms with Gasteiger partial charge in [-0.15, -0.1) is 0 Å². The Hall–Kier alpha value is -1.44. The number of hydrogen-bond acceptors (Lipinski definition) is 4. The Labute approximate surface area is 170 Å². The fourth-order valence-electron chi connectivity index (χ4n) is 3.75. The first-order valence-corrected chi connectivity index (χ1v) is 11.6. The van der Waals surface area contributed by atoms with Crippen molar-refractivity contribution in [3.8, 4) is 0 Å². The summed E-state index contributed by atoms with van der Waals surface area (Å²) in [7, 11) is -3.65. The lowest BCUT2D eigenvalue weighted by Gasteiger charge is -2.29. The molecule has 1 heterocycles. The maximum Gasteiger partial charge on any atom is 0.243 e. The first-order chi connectivity index (χ1) is 13.1. The third-order valence-electron chi connectivity index (χ3n) is 5.20. The molecule has 1 saturated heterocycles. The molecule has 2 rings (SSSR count). The molecule has 1 amide bonds. The van der Waals surface area contributed by atoms with Crippen LogP contribution in [0.4, 0.5) is 0 Å². The fourth-order valence-corrected chi connectivity index (χ4v) is 5.62. The van der Waals surface area contributed by atoms with Gasteiger partial charge in [0.2, 0.25) is 15.9 Å². The molecule has 28 heavy (non-hydrogen) atoms. The summed E-state index contributed by atoms with van der Waals surface area (Å²) in [5, 5.41) is 3.23. The van der Waals surface area contributed by atoms with E-state index in [1.54, 1.807) is 0 Å². The molecule has 0 unspecified atom stereocenters. The van der Waals surface area contributed by atoms with Gasteiger partial charge in [-0.05, 0) is 44.2 Å². The lowest BCUT2D eigenvalue weighted by Crippen LogP contribution is -2.47. The zero-order valence-electron chi connectivity index (χ0n) is 17.9. The maximum absolute atomic E-state index is 13.5. The molecule has 0 radical (unpaired) electrons. The molecule has 0 atom stereocenters. The quantitative estimate of drug-likeness (QED) is 0.716. The Kier molecular flexibility index (Phi) is 8.04. The van der Waals surface area contributed by atoms with E-state index in [2.05, 4.69) is 19.2 Å². The monoisotopic (exact) mass is 409 g/mol. The number of rotatable bonds is 8. The highest BCUT2D eigenvalue weighted by Crippen LogP contribution is 2.26. The van der Waals surface area contributed by atoms with Crippen molar-refractivity contribution < 1.29 is 13.2 Å². The lowest BCUT2D eigenvalue weighted by molar-refractivity contribution is -0.131. The van der Waals surface area contributed by atoms with Crippen LogP contribution >= 0.6 is 0 Å². The zero-order chi connectivity index (χ0) is 20.9. The van der Waals surface area contributed by atoms with Crippen molar-refractivity contribution in [3.63, 3.8) is 0 Å². The number of hydrogen-bond donors (Lipinski definition) is 1. The van der Waals surface area contributed by atoms with Crippen LogP contribution in [0.2, 0.25) is 0 Å². The first-order valence-electron chi connectivity index (χ1n) is 10.2. The predicted octanol–water partition coefficient (Wildman–Crippen LogP) is 2.47. The van der Waals surface area contributed by atoms with Crippen LogP contribution in [-0.4, -0.2) is 62.8 Å². The zero-order valence-corrected chi connectivity index (χ0v) is 18.7. The minimum Gasteiger partial charge on any atom is -0.340 e. The number of sulfonamides is 1. The Bertz CT molecular complexity index is 761. The van der Waals surface area contributed by atoms with Gasteiger partial charge < -0.3 is 10.2 Å². The van der Waals surface area contributed by atoms with Crippen LogP contribution in [0, 0.1) is 26.7 Å². The van der Waals surface area contributed by atoms with E-state index in [4.69, 9.17) is 0 Å². The molecule has 7 heteroatoms. The van der Waals surface area contributed by atoms with Crippen molar-refractivity contribution in [2.45, 2.75) is 52.4 Å². The van der Waals surface area contributed by atoms with Crippen LogP contribution in [0.1, 0.15) is 43.4 Å². The number of nitrogens with zero attached hydrogens (tertiary/aromatic N) is 2. The van der Waals surface area contributed by atoms with Gasteiger partial charge in [0.15, 0.2) is 0 Å². The van der Waals surface area contributed by atoms with Crippen molar-refractivity contribution >= 4 is 15.9 Å². The van der Waals surface area contributed by atoms with Crippen molar-refractivity contribution in [2.75, 3.05) is 39.3 Å². The summed E-state index contributed by atoms with van der Waals surface area (Å²) < 4.78 is 28.5. The molecule has 1 aromatic carbocycles. The van der Waals surface area contributed by atoms with Crippen LogP contribution in [0.5, 0.6) is 0 Å². The molecular formula is C21H35N3O3S. The van der Waals surface area contributed by atoms with Crippen LogP contribution < -0.4 is 5.32 Å². The summed E-state index contributed by atoms with van der Waals surface area (Å²) in [6.07, 6.45) is 0.992. The topological polar surface area (TPSA) is 69.7 Å². The number of carbonyl (C=O) groups excluding carboxylic acids is 1. The summed E-state index contributed by atoms with van der Waals surface area (Å²) in [6.45, 7) is 13.5. The van der Waals surface area contributed by atoms with Gasteiger partial charge in [0.1, 0.15) is 0 Å². The van der Waals surface area contributed by atoms with Gasteiger partial charge in [0, 0.05) is 45.7 Å². The maximum atomic E-state index is 13.5. The van der Waals surface area contributed by atoms with Crippen molar-refractivity contribution in [2.24, 2.45) is 5.92 Å². The SMILES string of the molecule is Cc1cc(C)c(S(=O)(=O)N(CCC(=O)N2CCNCC2)CCC(C)C)c(C)c1. The van der Waals surface area contributed by atoms with E-state index in [1.165, 1.54) is 4.31 Å². The number of carbonyl (C=O) groups is 1.